The lowest BCUT2D eigenvalue weighted by Gasteiger charge is -2.20. The van der Waals surface area contributed by atoms with E-state index in [-0.39, 0.29) is 0 Å². The standard InChI is InChI=1S/C10H12S2/c1-7(2)10-9-5-3-4-8(9)6-11-12-10/h3-5,7H,6H2,1-2H3. The summed E-state index contributed by atoms with van der Waals surface area (Å²) in [4.78, 5) is 1.55. The molecule has 0 aromatic rings. The number of hydrogen-bond acceptors (Lipinski definition) is 2. The predicted molar refractivity (Wildman–Crippen MR) is 59.1 cm³/mol. The zero-order chi connectivity index (χ0) is 8.55. The van der Waals surface area contributed by atoms with Gasteiger partial charge in [0.1, 0.15) is 0 Å². The Balaban J connectivity index is 2.40. The van der Waals surface area contributed by atoms with E-state index in [1.54, 1.807) is 4.91 Å². The van der Waals surface area contributed by atoms with Crippen molar-refractivity contribution >= 4 is 21.6 Å². The van der Waals surface area contributed by atoms with E-state index in [2.05, 4.69) is 32.1 Å². The van der Waals surface area contributed by atoms with Gasteiger partial charge >= 0.3 is 0 Å². The molecule has 0 aromatic heterocycles. The maximum Gasteiger partial charge on any atom is 0.0298 e. The lowest BCUT2D eigenvalue weighted by atomic mass is 10.1. The number of rotatable bonds is 1. The Morgan fingerprint density at radius 3 is 3.00 bits per heavy atom. The van der Waals surface area contributed by atoms with E-state index in [9.17, 15) is 0 Å². The summed E-state index contributed by atoms with van der Waals surface area (Å²) >= 11 is 0. The first-order chi connectivity index (χ1) is 5.79. The number of fused-ring (bicyclic) bond motifs is 1. The SMILES string of the molecule is CC(C)C1=C2C=CC=C2CSS1. The molecular formula is C10H12S2. The van der Waals surface area contributed by atoms with Gasteiger partial charge in [-0.1, -0.05) is 53.7 Å². The second kappa shape index (κ2) is 3.35. The minimum Gasteiger partial charge on any atom is -0.0844 e. The first-order valence-electron chi connectivity index (χ1n) is 4.20. The second-order valence-corrected chi connectivity index (χ2v) is 5.67. The predicted octanol–water partition coefficient (Wildman–Crippen LogP) is 3.79. The molecule has 0 radical (unpaired) electrons. The molecule has 0 unspecified atom stereocenters. The van der Waals surface area contributed by atoms with Crippen molar-refractivity contribution in [3.8, 4) is 0 Å². The topological polar surface area (TPSA) is 0 Å². The molecule has 2 aliphatic rings. The highest BCUT2D eigenvalue weighted by Gasteiger charge is 2.20. The zero-order valence-electron chi connectivity index (χ0n) is 7.33. The summed E-state index contributed by atoms with van der Waals surface area (Å²) < 4.78 is 0. The van der Waals surface area contributed by atoms with E-state index in [1.165, 1.54) is 16.9 Å². The smallest absolute Gasteiger partial charge is 0.0298 e. The highest BCUT2D eigenvalue weighted by molar-refractivity contribution is 8.78. The van der Waals surface area contributed by atoms with E-state index in [0.717, 1.165) is 0 Å². The van der Waals surface area contributed by atoms with Crippen LogP contribution in [-0.2, 0) is 0 Å². The van der Waals surface area contributed by atoms with Crippen LogP contribution in [0.4, 0.5) is 0 Å². The summed E-state index contributed by atoms with van der Waals surface area (Å²) in [7, 11) is 3.91. The fourth-order valence-corrected chi connectivity index (χ4v) is 4.26. The van der Waals surface area contributed by atoms with Crippen LogP contribution in [0.2, 0.25) is 0 Å². The van der Waals surface area contributed by atoms with Crippen LogP contribution in [0, 0.1) is 5.92 Å². The molecule has 0 aromatic carbocycles. The molecule has 1 aliphatic heterocycles. The molecule has 0 saturated heterocycles. The normalized spacial score (nSPS) is 21.8. The molecule has 2 heteroatoms. The summed E-state index contributed by atoms with van der Waals surface area (Å²) in [5.41, 5.74) is 3.01. The lowest BCUT2D eigenvalue weighted by molar-refractivity contribution is 0.812. The number of hydrogen-bond donors (Lipinski definition) is 0. The quantitative estimate of drug-likeness (QED) is 0.585. The van der Waals surface area contributed by atoms with Gasteiger partial charge in [-0.15, -0.1) is 0 Å². The monoisotopic (exact) mass is 196 g/mol. The molecule has 2 rings (SSSR count). The Morgan fingerprint density at radius 1 is 1.42 bits per heavy atom. The van der Waals surface area contributed by atoms with Gasteiger partial charge in [-0.2, -0.15) is 0 Å². The van der Waals surface area contributed by atoms with Gasteiger partial charge in [-0.3, -0.25) is 0 Å². The van der Waals surface area contributed by atoms with Crippen LogP contribution < -0.4 is 0 Å². The van der Waals surface area contributed by atoms with E-state index < -0.39 is 0 Å². The van der Waals surface area contributed by atoms with Gasteiger partial charge in [0.05, 0.1) is 0 Å². The van der Waals surface area contributed by atoms with Crippen molar-refractivity contribution in [1.82, 2.24) is 0 Å². The summed E-state index contributed by atoms with van der Waals surface area (Å²) in [5, 5.41) is 0. The fourth-order valence-electron chi connectivity index (χ4n) is 1.43. The maximum absolute atomic E-state index is 2.27. The van der Waals surface area contributed by atoms with Gasteiger partial charge in [-0.25, -0.2) is 0 Å². The van der Waals surface area contributed by atoms with Crippen molar-refractivity contribution in [2.75, 3.05) is 5.75 Å². The first kappa shape index (κ1) is 8.52. The molecule has 0 nitrogen and oxygen atoms in total. The molecule has 1 heterocycles. The van der Waals surface area contributed by atoms with E-state index in [0.29, 0.717) is 5.92 Å². The molecule has 0 bridgehead atoms. The summed E-state index contributed by atoms with van der Waals surface area (Å²) in [6, 6.07) is 0. The molecular weight excluding hydrogens is 184 g/mol. The van der Waals surface area contributed by atoms with Crippen molar-refractivity contribution in [1.29, 1.82) is 0 Å². The van der Waals surface area contributed by atoms with E-state index in [4.69, 9.17) is 0 Å². The highest BCUT2D eigenvalue weighted by Crippen LogP contribution is 2.46. The van der Waals surface area contributed by atoms with Crippen LogP contribution in [0.5, 0.6) is 0 Å². The maximum atomic E-state index is 2.27. The highest BCUT2D eigenvalue weighted by atomic mass is 33.1. The molecule has 0 saturated carbocycles. The first-order valence-corrected chi connectivity index (χ1v) is 6.52. The Morgan fingerprint density at radius 2 is 2.25 bits per heavy atom. The summed E-state index contributed by atoms with van der Waals surface area (Å²) in [6.45, 7) is 4.54. The molecule has 0 fully saturated rings. The molecule has 64 valence electrons. The summed E-state index contributed by atoms with van der Waals surface area (Å²) in [6.07, 6.45) is 6.65. The summed E-state index contributed by atoms with van der Waals surface area (Å²) in [5.74, 6) is 1.84. The van der Waals surface area contributed by atoms with Gasteiger partial charge in [-0.05, 0) is 17.1 Å². The van der Waals surface area contributed by atoms with Crippen LogP contribution >= 0.6 is 21.6 Å². The Labute approximate surface area is 81.6 Å². The van der Waals surface area contributed by atoms with Crippen molar-refractivity contribution in [3.05, 3.63) is 34.3 Å². The Hall–Kier alpha value is -0.0800. The third-order valence-corrected chi connectivity index (χ3v) is 4.72. The van der Waals surface area contributed by atoms with Crippen LogP contribution in [0.25, 0.3) is 0 Å². The average Bonchev–Trinajstić information content (AvgIpc) is 2.49. The van der Waals surface area contributed by atoms with Gasteiger partial charge in [0.2, 0.25) is 0 Å². The van der Waals surface area contributed by atoms with Gasteiger partial charge < -0.3 is 0 Å². The Kier molecular flexibility index (Phi) is 2.37. The van der Waals surface area contributed by atoms with E-state index in [1.807, 2.05) is 21.6 Å². The molecule has 12 heavy (non-hydrogen) atoms. The van der Waals surface area contributed by atoms with Crippen molar-refractivity contribution in [2.45, 2.75) is 13.8 Å². The third-order valence-electron chi connectivity index (χ3n) is 2.06. The van der Waals surface area contributed by atoms with Crippen LogP contribution in [0.1, 0.15) is 13.8 Å². The molecule has 0 spiro atoms. The van der Waals surface area contributed by atoms with Crippen molar-refractivity contribution in [2.24, 2.45) is 5.92 Å². The minimum atomic E-state index is 0.670. The lowest BCUT2D eigenvalue weighted by Crippen LogP contribution is -2.00. The van der Waals surface area contributed by atoms with Crippen molar-refractivity contribution in [3.63, 3.8) is 0 Å². The van der Waals surface area contributed by atoms with Gasteiger partial charge in [0.25, 0.3) is 0 Å². The average molecular weight is 196 g/mol. The minimum absolute atomic E-state index is 0.670. The number of allylic oxidation sites excluding steroid dienone is 5. The largest absolute Gasteiger partial charge is 0.0844 e. The van der Waals surface area contributed by atoms with Crippen LogP contribution in [-0.4, -0.2) is 5.75 Å². The van der Waals surface area contributed by atoms with Gasteiger partial charge in [0.15, 0.2) is 0 Å². The molecule has 1 aliphatic carbocycles. The van der Waals surface area contributed by atoms with Crippen LogP contribution in [0.15, 0.2) is 34.3 Å². The molecule has 0 amide bonds. The third kappa shape index (κ3) is 1.38. The molecule has 0 N–H and O–H groups in total. The van der Waals surface area contributed by atoms with E-state index >= 15 is 0 Å². The molecule has 0 atom stereocenters. The Bertz CT molecular complexity index is 282. The van der Waals surface area contributed by atoms with Crippen LogP contribution in [0.3, 0.4) is 0 Å². The zero-order valence-corrected chi connectivity index (χ0v) is 8.97. The second-order valence-electron chi connectivity index (χ2n) is 3.33. The van der Waals surface area contributed by atoms with Crippen molar-refractivity contribution < 1.29 is 0 Å². The fraction of sp³-hybridized carbons (Fsp3) is 0.400. The van der Waals surface area contributed by atoms with Gasteiger partial charge in [0, 0.05) is 10.7 Å².